The average Bonchev–Trinajstić information content (AvgIpc) is 2.37. The van der Waals surface area contributed by atoms with Gasteiger partial charge in [-0.25, -0.2) is 13.2 Å². The van der Waals surface area contributed by atoms with E-state index < -0.39 is 29.6 Å². The maximum absolute atomic E-state index is 13.8. The molecule has 2 atom stereocenters. The molecule has 0 radical (unpaired) electrons. The zero-order valence-corrected chi connectivity index (χ0v) is 11.2. The van der Waals surface area contributed by atoms with Gasteiger partial charge in [-0.3, -0.25) is 11.3 Å². The molecule has 1 aromatic rings. The van der Waals surface area contributed by atoms with E-state index in [1.165, 1.54) is 6.07 Å². The zero-order chi connectivity index (χ0) is 14.6. The summed E-state index contributed by atoms with van der Waals surface area (Å²) in [7, 11) is 0. The van der Waals surface area contributed by atoms with Gasteiger partial charge in [0.2, 0.25) is 0 Å². The summed E-state index contributed by atoms with van der Waals surface area (Å²) < 4.78 is 45.5. The van der Waals surface area contributed by atoms with Crippen LogP contribution in [0.1, 0.15) is 32.4 Å². The van der Waals surface area contributed by atoms with Crippen molar-refractivity contribution in [1.29, 1.82) is 0 Å². The predicted octanol–water partition coefficient (Wildman–Crippen LogP) is 2.67. The van der Waals surface area contributed by atoms with Gasteiger partial charge in [-0.1, -0.05) is 19.9 Å². The number of benzene rings is 1. The van der Waals surface area contributed by atoms with Gasteiger partial charge in [-0.05, 0) is 18.9 Å². The minimum absolute atomic E-state index is 0.0218. The normalized spacial score (nSPS) is 14.7. The Bertz CT molecular complexity index is 427. The van der Waals surface area contributed by atoms with E-state index in [-0.39, 0.29) is 11.5 Å². The molecule has 6 heteroatoms. The maximum atomic E-state index is 13.8. The molecule has 0 bridgehead atoms. The number of hydrazine groups is 1. The number of nitrogens with two attached hydrogens (primary N) is 1. The Morgan fingerprint density at radius 2 is 1.84 bits per heavy atom. The summed E-state index contributed by atoms with van der Waals surface area (Å²) in [5, 5.41) is 0. The Balaban J connectivity index is 3.18. The standard InChI is InChI=1S/C13H19F3N2O/c1-4-19-13(7(2)3)12(18-17)8-5-6-9(14)11(16)10(8)15/h5-7,12-13,18H,4,17H2,1-3H3. The molecule has 0 spiro atoms. The van der Waals surface area contributed by atoms with Crippen LogP contribution in [0, 0.1) is 23.4 Å². The van der Waals surface area contributed by atoms with Crippen LogP contribution >= 0.6 is 0 Å². The fourth-order valence-electron chi connectivity index (χ4n) is 2.01. The van der Waals surface area contributed by atoms with Crippen LogP contribution in [0.25, 0.3) is 0 Å². The predicted molar refractivity (Wildman–Crippen MR) is 66.6 cm³/mol. The molecule has 0 fully saturated rings. The molecule has 0 amide bonds. The monoisotopic (exact) mass is 276 g/mol. The number of halogens is 3. The molecule has 19 heavy (non-hydrogen) atoms. The molecule has 0 saturated heterocycles. The van der Waals surface area contributed by atoms with Crippen LogP contribution in [-0.2, 0) is 4.74 Å². The van der Waals surface area contributed by atoms with Crippen LogP contribution in [0.5, 0.6) is 0 Å². The van der Waals surface area contributed by atoms with E-state index in [2.05, 4.69) is 5.43 Å². The molecule has 0 heterocycles. The molecule has 108 valence electrons. The molecular weight excluding hydrogens is 257 g/mol. The maximum Gasteiger partial charge on any atom is 0.194 e. The molecule has 1 aromatic carbocycles. The van der Waals surface area contributed by atoms with Gasteiger partial charge >= 0.3 is 0 Å². The lowest BCUT2D eigenvalue weighted by atomic mass is 9.93. The number of hydrogen-bond acceptors (Lipinski definition) is 3. The van der Waals surface area contributed by atoms with Crippen LogP contribution in [0.15, 0.2) is 12.1 Å². The lowest BCUT2D eigenvalue weighted by Crippen LogP contribution is -2.41. The van der Waals surface area contributed by atoms with E-state index in [1.54, 1.807) is 6.92 Å². The fourth-order valence-corrected chi connectivity index (χ4v) is 2.01. The van der Waals surface area contributed by atoms with E-state index in [0.29, 0.717) is 6.61 Å². The topological polar surface area (TPSA) is 47.3 Å². The first kappa shape index (κ1) is 15.9. The minimum Gasteiger partial charge on any atom is -0.376 e. The van der Waals surface area contributed by atoms with Crippen LogP contribution in [0.4, 0.5) is 13.2 Å². The second kappa shape index (κ2) is 6.88. The molecule has 2 unspecified atom stereocenters. The van der Waals surface area contributed by atoms with Crippen molar-refractivity contribution in [3.05, 3.63) is 35.1 Å². The lowest BCUT2D eigenvalue weighted by Gasteiger charge is -2.30. The molecule has 0 saturated carbocycles. The van der Waals surface area contributed by atoms with Crippen molar-refractivity contribution in [3.63, 3.8) is 0 Å². The van der Waals surface area contributed by atoms with Gasteiger partial charge in [0.25, 0.3) is 0 Å². The highest BCUT2D eigenvalue weighted by molar-refractivity contribution is 5.24. The van der Waals surface area contributed by atoms with Crippen molar-refractivity contribution < 1.29 is 17.9 Å². The lowest BCUT2D eigenvalue weighted by molar-refractivity contribution is 0.00178. The largest absolute Gasteiger partial charge is 0.376 e. The highest BCUT2D eigenvalue weighted by Gasteiger charge is 2.29. The summed E-state index contributed by atoms with van der Waals surface area (Å²) in [6.07, 6.45) is -0.450. The third-order valence-electron chi connectivity index (χ3n) is 2.92. The second-order valence-corrected chi connectivity index (χ2v) is 4.57. The van der Waals surface area contributed by atoms with Crippen LogP contribution < -0.4 is 11.3 Å². The van der Waals surface area contributed by atoms with Gasteiger partial charge < -0.3 is 4.74 Å². The van der Waals surface area contributed by atoms with E-state index in [1.807, 2.05) is 13.8 Å². The van der Waals surface area contributed by atoms with Crippen molar-refractivity contribution in [1.82, 2.24) is 5.43 Å². The van der Waals surface area contributed by atoms with Gasteiger partial charge in [0.15, 0.2) is 17.5 Å². The molecule has 3 nitrogen and oxygen atoms in total. The van der Waals surface area contributed by atoms with Crippen LogP contribution in [0.3, 0.4) is 0 Å². The highest BCUT2D eigenvalue weighted by Crippen LogP contribution is 2.28. The van der Waals surface area contributed by atoms with Crippen molar-refractivity contribution in [2.24, 2.45) is 11.8 Å². The summed E-state index contributed by atoms with van der Waals surface area (Å²) in [6, 6.07) is 1.30. The van der Waals surface area contributed by atoms with Crippen molar-refractivity contribution in [2.75, 3.05) is 6.61 Å². The first-order valence-electron chi connectivity index (χ1n) is 6.15. The summed E-state index contributed by atoms with van der Waals surface area (Å²) in [5.41, 5.74) is 2.37. The summed E-state index contributed by atoms with van der Waals surface area (Å²) in [4.78, 5) is 0. The number of rotatable bonds is 6. The van der Waals surface area contributed by atoms with Gasteiger partial charge in [-0.15, -0.1) is 0 Å². The molecule has 1 rings (SSSR count). The fraction of sp³-hybridized carbons (Fsp3) is 0.538. The van der Waals surface area contributed by atoms with Crippen molar-refractivity contribution >= 4 is 0 Å². The zero-order valence-electron chi connectivity index (χ0n) is 11.2. The van der Waals surface area contributed by atoms with Crippen LogP contribution in [-0.4, -0.2) is 12.7 Å². The first-order chi connectivity index (χ1) is 8.93. The first-order valence-corrected chi connectivity index (χ1v) is 6.15. The van der Waals surface area contributed by atoms with E-state index in [0.717, 1.165) is 6.07 Å². The second-order valence-electron chi connectivity index (χ2n) is 4.57. The Morgan fingerprint density at radius 3 is 2.32 bits per heavy atom. The smallest absolute Gasteiger partial charge is 0.194 e. The molecule has 0 aliphatic carbocycles. The van der Waals surface area contributed by atoms with Gasteiger partial charge in [-0.2, -0.15) is 0 Å². The summed E-state index contributed by atoms with van der Waals surface area (Å²) >= 11 is 0. The molecule has 0 aliphatic rings. The molecular formula is C13H19F3N2O. The Morgan fingerprint density at radius 1 is 1.21 bits per heavy atom. The van der Waals surface area contributed by atoms with Crippen molar-refractivity contribution in [2.45, 2.75) is 32.9 Å². The number of hydrogen-bond donors (Lipinski definition) is 2. The average molecular weight is 276 g/mol. The Kier molecular flexibility index (Phi) is 5.78. The Hall–Kier alpha value is -1.11. The molecule has 3 N–H and O–H groups in total. The Labute approximate surface area is 110 Å². The SMILES string of the molecule is CCOC(C(C)C)C(NN)c1ccc(F)c(F)c1F. The molecule has 0 aromatic heterocycles. The van der Waals surface area contributed by atoms with E-state index >= 15 is 0 Å². The third kappa shape index (κ3) is 3.46. The minimum atomic E-state index is -1.50. The number of ether oxygens (including phenoxy) is 1. The third-order valence-corrected chi connectivity index (χ3v) is 2.92. The summed E-state index contributed by atoms with van der Waals surface area (Å²) in [5.74, 6) is 1.47. The summed E-state index contributed by atoms with van der Waals surface area (Å²) in [6.45, 7) is 5.96. The van der Waals surface area contributed by atoms with E-state index in [9.17, 15) is 13.2 Å². The quantitative estimate of drug-likeness (QED) is 0.477. The van der Waals surface area contributed by atoms with Crippen molar-refractivity contribution in [3.8, 4) is 0 Å². The highest BCUT2D eigenvalue weighted by atomic mass is 19.2. The van der Waals surface area contributed by atoms with Gasteiger partial charge in [0, 0.05) is 12.2 Å². The number of nitrogens with one attached hydrogen (secondary N) is 1. The van der Waals surface area contributed by atoms with Gasteiger partial charge in [0.1, 0.15) is 0 Å². The van der Waals surface area contributed by atoms with Gasteiger partial charge in [0.05, 0.1) is 12.1 Å². The molecule has 0 aliphatic heterocycles. The van der Waals surface area contributed by atoms with E-state index in [4.69, 9.17) is 10.6 Å². The van der Waals surface area contributed by atoms with Crippen LogP contribution in [0.2, 0.25) is 0 Å².